The Labute approximate surface area is 74.7 Å². The van der Waals surface area contributed by atoms with Crippen LogP contribution in [0, 0.1) is 0 Å². The lowest BCUT2D eigenvalue weighted by molar-refractivity contribution is -0.144. The molecule has 3 nitrogen and oxygen atoms in total. The third-order valence-electron chi connectivity index (χ3n) is 1.50. The first-order valence-corrected chi connectivity index (χ1v) is 3.81. The summed E-state index contributed by atoms with van der Waals surface area (Å²) >= 11 is 0. The third kappa shape index (κ3) is 5.46. The van der Waals surface area contributed by atoms with Crippen molar-refractivity contribution in [1.29, 1.82) is 0 Å². The van der Waals surface area contributed by atoms with Gasteiger partial charge in [-0.15, -0.1) is 0 Å². The lowest BCUT2D eigenvalue weighted by Gasteiger charge is -2.19. The van der Waals surface area contributed by atoms with E-state index in [2.05, 4.69) is 0 Å². The molecular weight excluding hydrogens is 185 g/mol. The van der Waals surface area contributed by atoms with Crippen LogP contribution in [0.1, 0.15) is 13.3 Å². The summed E-state index contributed by atoms with van der Waals surface area (Å²) in [7, 11) is 1.30. The van der Waals surface area contributed by atoms with Crippen LogP contribution in [-0.4, -0.2) is 36.6 Å². The molecule has 0 aromatic carbocycles. The van der Waals surface area contributed by atoms with Gasteiger partial charge in [0.15, 0.2) is 0 Å². The second-order valence-electron chi connectivity index (χ2n) is 2.91. The smallest absolute Gasteiger partial charge is 0.344 e. The summed E-state index contributed by atoms with van der Waals surface area (Å²) < 4.78 is 35.1. The molecule has 1 atom stereocenters. The topological polar surface area (TPSA) is 46.3 Å². The molecule has 0 aromatic heterocycles. The number of hydrogen-bond donors (Lipinski definition) is 1. The SMILES string of the molecule is C[C@@H](N)C(=O)N(C)CCC(F)(F)F. The second-order valence-corrected chi connectivity index (χ2v) is 2.91. The molecule has 78 valence electrons. The van der Waals surface area contributed by atoms with Crippen LogP contribution >= 0.6 is 0 Å². The van der Waals surface area contributed by atoms with Crippen LogP contribution in [0.3, 0.4) is 0 Å². The Morgan fingerprint density at radius 1 is 1.54 bits per heavy atom. The highest BCUT2D eigenvalue weighted by Gasteiger charge is 2.28. The minimum atomic E-state index is -4.23. The van der Waals surface area contributed by atoms with E-state index in [0.717, 1.165) is 4.90 Å². The molecule has 0 fully saturated rings. The summed E-state index contributed by atoms with van der Waals surface area (Å²) in [5.74, 6) is -0.482. The first-order chi connectivity index (χ1) is 5.74. The fourth-order valence-corrected chi connectivity index (χ4v) is 0.752. The van der Waals surface area contributed by atoms with Crippen molar-refractivity contribution in [2.75, 3.05) is 13.6 Å². The zero-order chi connectivity index (χ0) is 10.6. The summed E-state index contributed by atoms with van der Waals surface area (Å²) in [6.07, 6.45) is -5.23. The second kappa shape index (κ2) is 4.45. The molecule has 0 heterocycles. The molecule has 0 rings (SSSR count). The van der Waals surface area contributed by atoms with Gasteiger partial charge in [-0.2, -0.15) is 13.2 Å². The highest BCUT2D eigenvalue weighted by Crippen LogP contribution is 2.19. The Morgan fingerprint density at radius 2 is 2.00 bits per heavy atom. The molecular formula is C7H13F3N2O. The van der Waals surface area contributed by atoms with Gasteiger partial charge in [-0.05, 0) is 6.92 Å². The van der Waals surface area contributed by atoms with Crippen molar-refractivity contribution < 1.29 is 18.0 Å². The molecule has 0 saturated heterocycles. The lowest BCUT2D eigenvalue weighted by Crippen LogP contribution is -2.41. The average Bonchev–Trinajstić information content (AvgIpc) is 1.97. The van der Waals surface area contributed by atoms with E-state index >= 15 is 0 Å². The van der Waals surface area contributed by atoms with Crippen LogP contribution in [0.5, 0.6) is 0 Å². The minimum absolute atomic E-state index is 0.343. The van der Waals surface area contributed by atoms with Crippen LogP contribution in [0.2, 0.25) is 0 Å². The lowest BCUT2D eigenvalue weighted by atomic mass is 10.3. The molecule has 13 heavy (non-hydrogen) atoms. The number of carbonyl (C=O) groups excluding carboxylic acids is 1. The summed E-state index contributed by atoms with van der Waals surface area (Å²) in [6.45, 7) is 1.09. The molecule has 0 aliphatic carbocycles. The molecule has 0 saturated carbocycles. The molecule has 0 aliphatic rings. The number of amides is 1. The third-order valence-corrected chi connectivity index (χ3v) is 1.50. The van der Waals surface area contributed by atoms with Crippen molar-refractivity contribution in [3.05, 3.63) is 0 Å². The van der Waals surface area contributed by atoms with Gasteiger partial charge >= 0.3 is 6.18 Å². The van der Waals surface area contributed by atoms with Crippen molar-refractivity contribution in [3.8, 4) is 0 Å². The average molecular weight is 198 g/mol. The van der Waals surface area contributed by atoms with Gasteiger partial charge in [-0.1, -0.05) is 0 Å². The zero-order valence-corrected chi connectivity index (χ0v) is 7.56. The number of rotatable bonds is 3. The predicted molar refractivity (Wildman–Crippen MR) is 42.0 cm³/mol. The van der Waals surface area contributed by atoms with E-state index in [0.29, 0.717) is 0 Å². The number of hydrogen-bond acceptors (Lipinski definition) is 2. The van der Waals surface area contributed by atoms with E-state index in [-0.39, 0.29) is 6.54 Å². The molecule has 1 amide bonds. The Hall–Kier alpha value is -0.780. The van der Waals surface area contributed by atoms with Crippen LogP contribution in [0.15, 0.2) is 0 Å². The van der Waals surface area contributed by atoms with Crippen LogP contribution in [0.4, 0.5) is 13.2 Å². The quantitative estimate of drug-likeness (QED) is 0.727. The van der Waals surface area contributed by atoms with Gasteiger partial charge in [0.1, 0.15) is 0 Å². The van der Waals surface area contributed by atoms with Gasteiger partial charge in [0, 0.05) is 13.6 Å². The van der Waals surface area contributed by atoms with Gasteiger partial charge < -0.3 is 10.6 Å². The first-order valence-electron chi connectivity index (χ1n) is 3.81. The standard InChI is InChI=1S/C7H13F3N2O/c1-5(11)6(13)12(2)4-3-7(8,9)10/h5H,3-4,11H2,1-2H3/t5-/m1/s1. The van der Waals surface area contributed by atoms with Crippen LogP contribution < -0.4 is 5.73 Å². The Kier molecular flexibility index (Phi) is 4.19. The number of alkyl halides is 3. The van der Waals surface area contributed by atoms with Crippen molar-refractivity contribution in [2.45, 2.75) is 25.6 Å². The molecule has 0 aliphatic heterocycles. The first kappa shape index (κ1) is 12.2. The van der Waals surface area contributed by atoms with Crippen LogP contribution in [0.25, 0.3) is 0 Å². The monoisotopic (exact) mass is 198 g/mol. The summed E-state index contributed by atoms with van der Waals surface area (Å²) in [4.78, 5) is 12.0. The highest BCUT2D eigenvalue weighted by molar-refractivity contribution is 5.80. The van der Waals surface area contributed by atoms with Gasteiger partial charge in [-0.3, -0.25) is 4.79 Å². The molecule has 6 heteroatoms. The molecule has 0 unspecified atom stereocenters. The summed E-state index contributed by atoms with van der Waals surface area (Å²) in [5, 5.41) is 0. The van der Waals surface area contributed by atoms with E-state index in [1.807, 2.05) is 0 Å². The van der Waals surface area contributed by atoms with E-state index in [1.54, 1.807) is 0 Å². The van der Waals surface area contributed by atoms with Crippen molar-refractivity contribution in [2.24, 2.45) is 5.73 Å². The summed E-state index contributed by atoms with van der Waals surface area (Å²) in [5.41, 5.74) is 5.20. The fraction of sp³-hybridized carbons (Fsp3) is 0.857. The number of carbonyl (C=O) groups is 1. The van der Waals surface area contributed by atoms with Crippen LogP contribution in [-0.2, 0) is 4.79 Å². The Bertz CT molecular complexity index is 179. The Morgan fingerprint density at radius 3 is 2.31 bits per heavy atom. The maximum absolute atomic E-state index is 11.7. The van der Waals surface area contributed by atoms with Crippen molar-refractivity contribution in [3.63, 3.8) is 0 Å². The minimum Gasteiger partial charge on any atom is -0.344 e. The maximum atomic E-state index is 11.7. The van der Waals surface area contributed by atoms with Crippen molar-refractivity contribution in [1.82, 2.24) is 4.90 Å². The van der Waals surface area contributed by atoms with Crippen molar-refractivity contribution >= 4 is 5.91 Å². The number of nitrogens with two attached hydrogens (primary N) is 1. The molecule has 0 bridgehead atoms. The zero-order valence-electron chi connectivity index (χ0n) is 7.56. The maximum Gasteiger partial charge on any atom is 0.390 e. The Balaban J connectivity index is 3.88. The predicted octanol–water partition coefficient (Wildman–Crippen LogP) is 0.744. The van der Waals surface area contributed by atoms with E-state index in [9.17, 15) is 18.0 Å². The largest absolute Gasteiger partial charge is 0.390 e. The van der Waals surface area contributed by atoms with E-state index < -0.39 is 24.5 Å². The van der Waals surface area contributed by atoms with Gasteiger partial charge in [0.05, 0.1) is 12.5 Å². The van der Waals surface area contributed by atoms with Gasteiger partial charge in [0.2, 0.25) is 5.91 Å². The van der Waals surface area contributed by atoms with E-state index in [1.165, 1.54) is 14.0 Å². The van der Waals surface area contributed by atoms with Gasteiger partial charge in [-0.25, -0.2) is 0 Å². The number of halogens is 3. The van der Waals surface area contributed by atoms with E-state index in [4.69, 9.17) is 5.73 Å². The van der Waals surface area contributed by atoms with Gasteiger partial charge in [0.25, 0.3) is 0 Å². The fourth-order valence-electron chi connectivity index (χ4n) is 0.752. The molecule has 0 radical (unpaired) electrons. The number of nitrogens with zero attached hydrogens (tertiary/aromatic N) is 1. The number of likely N-dealkylation sites (N-methyl/N-ethyl adjacent to an activating group) is 1. The normalized spacial score (nSPS) is 14.0. The highest BCUT2D eigenvalue weighted by atomic mass is 19.4. The molecule has 0 spiro atoms. The molecule has 2 N–H and O–H groups in total. The summed E-state index contributed by atoms with van der Waals surface area (Å²) in [6, 6.07) is -0.752. The molecule has 0 aromatic rings.